The van der Waals surface area contributed by atoms with E-state index in [4.69, 9.17) is 14.6 Å². The number of rotatable bonds is 1. The van der Waals surface area contributed by atoms with E-state index in [0.717, 1.165) is 0 Å². The highest BCUT2D eigenvalue weighted by Gasteiger charge is 2.41. The van der Waals surface area contributed by atoms with Gasteiger partial charge in [0, 0.05) is 6.42 Å². The SMILES string of the molecule is O=C(O)[C@@H]1CCC2(CN1)OCCO2. The summed E-state index contributed by atoms with van der Waals surface area (Å²) in [5.41, 5.74) is 0. The van der Waals surface area contributed by atoms with Crippen molar-refractivity contribution in [3.8, 4) is 0 Å². The van der Waals surface area contributed by atoms with Gasteiger partial charge in [0.1, 0.15) is 6.04 Å². The number of piperidine rings is 1. The molecule has 5 heteroatoms. The third kappa shape index (κ3) is 1.67. The molecule has 0 radical (unpaired) electrons. The van der Waals surface area contributed by atoms with Crippen LogP contribution in [0.2, 0.25) is 0 Å². The summed E-state index contributed by atoms with van der Waals surface area (Å²) in [4.78, 5) is 10.6. The third-order valence-electron chi connectivity index (χ3n) is 2.54. The molecule has 2 saturated heterocycles. The molecule has 1 atom stereocenters. The van der Waals surface area contributed by atoms with Gasteiger partial charge in [-0.3, -0.25) is 10.1 Å². The minimum Gasteiger partial charge on any atom is -0.480 e. The number of hydrogen-bond donors (Lipinski definition) is 2. The van der Waals surface area contributed by atoms with Crippen molar-refractivity contribution in [3.63, 3.8) is 0 Å². The maximum absolute atomic E-state index is 10.6. The van der Waals surface area contributed by atoms with E-state index < -0.39 is 17.8 Å². The molecular weight excluding hydrogens is 174 g/mol. The molecule has 1 spiro atoms. The van der Waals surface area contributed by atoms with Gasteiger partial charge in [0.15, 0.2) is 5.79 Å². The second-order valence-corrected chi connectivity index (χ2v) is 3.42. The van der Waals surface area contributed by atoms with Gasteiger partial charge in [0.25, 0.3) is 0 Å². The fraction of sp³-hybridized carbons (Fsp3) is 0.875. The molecule has 0 bridgehead atoms. The lowest BCUT2D eigenvalue weighted by molar-refractivity contribution is -0.175. The highest BCUT2D eigenvalue weighted by molar-refractivity contribution is 5.73. The lowest BCUT2D eigenvalue weighted by Crippen LogP contribution is -2.53. The summed E-state index contributed by atoms with van der Waals surface area (Å²) in [5, 5.41) is 11.6. The Morgan fingerprint density at radius 2 is 2.15 bits per heavy atom. The molecule has 74 valence electrons. The first-order chi connectivity index (χ1) is 6.22. The van der Waals surface area contributed by atoms with Gasteiger partial charge in [0.2, 0.25) is 0 Å². The quantitative estimate of drug-likeness (QED) is 0.583. The Hall–Kier alpha value is -0.650. The van der Waals surface area contributed by atoms with Crippen LogP contribution in [0.3, 0.4) is 0 Å². The van der Waals surface area contributed by atoms with Crippen LogP contribution < -0.4 is 5.32 Å². The van der Waals surface area contributed by atoms with Crippen LogP contribution in [0, 0.1) is 0 Å². The normalized spacial score (nSPS) is 32.2. The number of carboxylic acids is 1. The van der Waals surface area contributed by atoms with E-state index in [-0.39, 0.29) is 0 Å². The minimum atomic E-state index is -0.798. The summed E-state index contributed by atoms with van der Waals surface area (Å²) in [5.74, 6) is -1.33. The molecule has 2 N–H and O–H groups in total. The van der Waals surface area contributed by atoms with E-state index in [1.54, 1.807) is 0 Å². The van der Waals surface area contributed by atoms with Crippen molar-refractivity contribution in [2.75, 3.05) is 19.8 Å². The van der Waals surface area contributed by atoms with Crippen molar-refractivity contribution in [1.29, 1.82) is 0 Å². The van der Waals surface area contributed by atoms with E-state index in [0.29, 0.717) is 32.6 Å². The fourth-order valence-corrected chi connectivity index (χ4v) is 1.79. The second kappa shape index (κ2) is 3.25. The number of carbonyl (C=O) groups is 1. The molecule has 2 rings (SSSR count). The average molecular weight is 187 g/mol. The molecule has 0 aromatic carbocycles. The van der Waals surface area contributed by atoms with Gasteiger partial charge in [-0.2, -0.15) is 0 Å². The zero-order valence-corrected chi connectivity index (χ0v) is 7.28. The number of ether oxygens (including phenoxy) is 2. The van der Waals surface area contributed by atoms with Gasteiger partial charge in [-0.1, -0.05) is 0 Å². The standard InChI is InChI=1S/C8H13NO4/c10-7(11)6-1-2-8(5-9-6)12-3-4-13-8/h6,9H,1-5H2,(H,10,11)/t6-/m0/s1. The summed E-state index contributed by atoms with van der Waals surface area (Å²) in [6.45, 7) is 1.70. The first-order valence-electron chi connectivity index (χ1n) is 4.46. The topological polar surface area (TPSA) is 67.8 Å². The predicted octanol–water partition coefficient (Wildman–Crippen LogP) is -0.434. The summed E-state index contributed by atoms with van der Waals surface area (Å²) < 4.78 is 10.9. The van der Waals surface area contributed by atoms with E-state index in [2.05, 4.69) is 5.32 Å². The highest BCUT2D eigenvalue weighted by atomic mass is 16.7. The average Bonchev–Trinajstić information content (AvgIpc) is 2.54. The molecule has 0 saturated carbocycles. The molecule has 0 unspecified atom stereocenters. The zero-order chi connectivity index (χ0) is 9.31. The van der Waals surface area contributed by atoms with Crippen LogP contribution in [0.4, 0.5) is 0 Å². The Morgan fingerprint density at radius 1 is 1.46 bits per heavy atom. The first-order valence-corrected chi connectivity index (χ1v) is 4.46. The van der Waals surface area contributed by atoms with Crippen molar-refractivity contribution >= 4 is 5.97 Å². The number of hydrogen-bond acceptors (Lipinski definition) is 4. The molecule has 2 fully saturated rings. The van der Waals surface area contributed by atoms with Crippen molar-refractivity contribution in [1.82, 2.24) is 5.32 Å². The lowest BCUT2D eigenvalue weighted by Gasteiger charge is -2.34. The Bertz CT molecular complexity index is 202. The molecule has 2 aliphatic rings. The maximum Gasteiger partial charge on any atom is 0.320 e. The smallest absolute Gasteiger partial charge is 0.320 e. The van der Waals surface area contributed by atoms with Gasteiger partial charge >= 0.3 is 5.97 Å². The van der Waals surface area contributed by atoms with Gasteiger partial charge in [-0.25, -0.2) is 0 Å². The van der Waals surface area contributed by atoms with Crippen molar-refractivity contribution in [3.05, 3.63) is 0 Å². The summed E-state index contributed by atoms with van der Waals surface area (Å²) in [7, 11) is 0. The molecule has 0 aliphatic carbocycles. The molecule has 0 aromatic rings. The second-order valence-electron chi connectivity index (χ2n) is 3.42. The monoisotopic (exact) mass is 187 g/mol. The Balaban J connectivity index is 1.91. The fourth-order valence-electron chi connectivity index (χ4n) is 1.79. The predicted molar refractivity (Wildman–Crippen MR) is 43.3 cm³/mol. The number of carboxylic acid groups (broad SMARTS) is 1. The van der Waals surface area contributed by atoms with Gasteiger partial charge in [-0.05, 0) is 6.42 Å². The largest absolute Gasteiger partial charge is 0.480 e. The van der Waals surface area contributed by atoms with Gasteiger partial charge in [0.05, 0.1) is 19.8 Å². The summed E-state index contributed by atoms with van der Waals surface area (Å²) >= 11 is 0. The van der Waals surface area contributed by atoms with Gasteiger partial charge < -0.3 is 14.6 Å². The summed E-state index contributed by atoms with van der Waals surface area (Å²) in [6, 6.07) is -0.446. The third-order valence-corrected chi connectivity index (χ3v) is 2.54. The Labute approximate surface area is 76.0 Å². The van der Waals surface area contributed by atoms with Crippen LogP contribution in [0.25, 0.3) is 0 Å². The van der Waals surface area contributed by atoms with Crippen LogP contribution >= 0.6 is 0 Å². The Kier molecular flexibility index (Phi) is 2.23. The van der Waals surface area contributed by atoms with Crippen molar-refractivity contribution < 1.29 is 19.4 Å². The molecule has 2 aliphatic heterocycles. The molecular formula is C8H13NO4. The number of aliphatic carboxylic acids is 1. The van der Waals surface area contributed by atoms with E-state index in [1.165, 1.54) is 0 Å². The van der Waals surface area contributed by atoms with Crippen LogP contribution in [0.15, 0.2) is 0 Å². The van der Waals surface area contributed by atoms with Crippen LogP contribution in [0.1, 0.15) is 12.8 Å². The number of nitrogens with one attached hydrogen (secondary N) is 1. The van der Waals surface area contributed by atoms with E-state index in [9.17, 15) is 4.79 Å². The van der Waals surface area contributed by atoms with Crippen molar-refractivity contribution in [2.24, 2.45) is 0 Å². The molecule has 0 aromatic heterocycles. The molecule has 5 nitrogen and oxygen atoms in total. The van der Waals surface area contributed by atoms with E-state index in [1.807, 2.05) is 0 Å². The van der Waals surface area contributed by atoms with Crippen LogP contribution in [0.5, 0.6) is 0 Å². The lowest BCUT2D eigenvalue weighted by atomic mass is 10.00. The van der Waals surface area contributed by atoms with Crippen molar-refractivity contribution in [2.45, 2.75) is 24.7 Å². The Morgan fingerprint density at radius 3 is 2.62 bits per heavy atom. The first kappa shape index (κ1) is 8.93. The molecule has 13 heavy (non-hydrogen) atoms. The van der Waals surface area contributed by atoms with E-state index >= 15 is 0 Å². The van der Waals surface area contributed by atoms with Crippen LogP contribution in [-0.2, 0) is 14.3 Å². The molecule has 2 heterocycles. The molecule has 0 amide bonds. The van der Waals surface area contributed by atoms with Gasteiger partial charge in [-0.15, -0.1) is 0 Å². The summed E-state index contributed by atoms with van der Waals surface area (Å²) in [6.07, 6.45) is 1.23. The highest BCUT2D eigenvalue weighted by Crippen LogP contribution is 2.28. The minimum absolute atomic E-state index is 0.446. The zero-order valence-electron chi connectivity index (χ0n) is 7.28. The van der Waals surface area contributed by atoms with Crippen LogP contribution in [-0.4, -0.2) is 42.7 Å². The maximum atomic E-state index is 10.6.